The van der Waals surface area contributed by atoms with Crippen molar-refractivity contribution in [2.75, 3.05) is 13.2 Å². The zero-order valence-corrected chi connectivity index (χ0v) is 12.0. The molecule has 1 aliphatic rings. The van der Waals surface area contributed by atoms with E-state index in [1.54, 1.807) is 0 Å². The van der Waals surface area contributed by atoms with Crippen molar-refractivity contribution in [1.82, 2.24) is 5.32 Å². The van der Waals surface area contributed by atoms with E-state index in [0.717, 1.165) is 19.6 Å². The number of benzene rings is 1. The molecule has 0 amide bonds. The van der Waals surface area contributed by atoms with E-state index in [1.807, 2.05) is 0 Å². The molecule has 1 saturated heterocycles. The Labute approximate surface area is 111 Å². The zero-order chi connectivity index (χ0) is 13.1. The van der Waals surface area contributed by atoms with Crippen LogP contribution in [0.1, 0.15) is 43.1 Å². The van der Waals surface area contributed by atoms with Gasteiger partial charge < -0.3 is 10.1 Å². The van der Waals surface area contributed by atoms with E-state index in [0.29, 0.717) is 12.0 Å². The fraction of sp³-hybridized carbons (Fsp3) is 0.625. The van der Waals surface area contributed by atoms with Gasteiger partial charge in [-0.25, -0.2) is 0 Å². The van der Waals surface area contributed by atoms with E-state index in [-0.39, 0.29) is 6.10 Å². The first kappa shape index (κ1) is 13.6. The highest BCUT2D eigenvalue weighted by atomic mass is 16.5. The molecule has 0 aliphatic carbocycles. The molecule has 2 nitrogen and oxygen atoms in total. The molecule has 1 aliphatic heterocycles. The van der Waals surface area contributed by atoms with Gasteiger partial charge in [-0.2, -0.15) is 0 Å². The van der Waals surface area contributed by atoms with Crippen LogP contribution in [-0.4, -0.2) is 19.2 Å². The molecule has 2 rings (SSSR count). The molecule has 0 spiro atoms. The van der Waals surface area contributed by atoms with Crippen LogP contribution in [0.3, 0.4) is 0 Å². The van der Waals surface area contributed by atoms with E-state index >= 15 is 0 Å². The van der Waals surface area contributed by atoms with Crippen molar-refractivity contribution in [3.63, 3.8) is 0 Å². The molecule has 2 atom stereocenters. The minimum atomic E-state index is 0.201. The summed E-state index contributed by atoms with van der Waals surface area (Å²) in [5, 5.41) is 3.64. The number of aryl methyl sites for hydroxylation is 2. The summed E-state index contributed by atoms with van der Waals surface area (Å²) in [6.07, 6.45) is 1.31. The maximum absolute atomic E-state index is 6.02. The van der Waals surface area contributed by atoms with Crippen molar-refractivity contribution in [3.05, 3.63) is 34.9 Å². The van der Waals surface area contributed by atoms with Crippen LogP contribution in [0.15, 0.2) is 18.2 Å². The van der Waals surface area contributed by atoms with Crippen LogP contribution in [-0.2, 0) is 4.74 Å². The molecule has 0 bridgehead atoms. The Morgan fingerprint density at radius 2 is 1.83 bits per heavy atom. The van der Waals surface area contributed by atoms with Gasteiger partial charge in [0.1, 0.15) is 0 Å². The van der Waals surface area contributed by atoms with Crippen LogP contribution in [0.5, 0.6) is 0 Å². The first-order chi connectivity index (χ1) is 8.56. The van der Waals surface area contributed by atoms with Gasteiger partial charge in [-0.15, -0.1) is 0 Å². The highest BCUT2D eigenvalue weighted by molar-refractivity contribution is 5.30. The van der Waals surface area contributed by atoms with Crippen LogP contribution in [0.2, 0.25) is 0 Å². The lowest BCUT2D eigenvalue weighted by Gasteiger charge is -2.20. The monoisotopic (exact) mass is 247 g/mol. The smallest absolute Gasteiger partial charge is 0.0949 e. The van der Waals surface area contributed by atoms with Crippen molar-refractivity contribution in [1.29, 1.82) is 0 Å². The highest BCUT2D eigenvalue weighted by Gasteiger charge is 2.21. The van der Waals surface area contributed by atoms with Crippen molar-refractivity contribution >= 4 is 0 Å². The Hall–Kier alpha value is -0.860. The third kappa shape index (κ3) is 3.33. The van der Waals surface area contributed by atoms with Crippen LogP contribution >= 0.6 is 0 Å². The number of rotatable bonds is 2. The highest BCUT2D eigenvalue weighted by Crippen LogP contribution is 2.23. The first-order valence-corrected chi connectivity index (χ1v) is 6.99. The minimum absolute atomic E-state index is 0.201. The second-order valence-corrected chi connectivity index (χ2v) is 5.83. The maximum atomic E-state index is 6.02. The van der Waals surface area contributed by atoms with Crippen LogP contribution in [0.25, 0.3) is 0 Å². The fourth-order valence-electron chi connectivity index (χ4n) is 2.74. The van der Waals surface area contributed by atoms with Gasteiger partial charge in [-0.1, -0.05) is 43.2 Å². The molecular weight excluding hydrogens is 222 g/mol. The van der Waals surface area contributed by atoms with Gasteiger partial charge in [0, 0.05) is 19.2 Å². The Balaban J connectivity index is 2.09. The third-order valence-electron chi connectivity index (χ3n) is 3.73. The minimum Gasteiger partial charge on any atom is -0.372 e. The summed E-state index contributed by atoms with van der Waals surface area (Å²) in [5.41, 5.74) is 3.95. The van der Waals surface area contributed by atoms with Crippen molar-refractivity contribution in [3.8, 4) is 0 Å². The van der Waals surface area contributed by atoms with Gasteiger partial charge in [-0.3, -0.25) is 0 Å². The van der Waals surface area contributed by atoms with Crippen molar-refractivity contribution < 1.29 is 4.74 Å². The summed E-state index contributed by atoms with van der Waals surface area (Å²) in [4.78, 5) is 0. The number of hydrogen-bond donors (Lipinski definition) is 1. The summed E-state index contributed by atoms with van der Waals surface area (Å²) < 4.78 is 6.02. The molecule has 1 heterocycles. The maximum Gasteiger partial charge on any atom is 0.0949 e. The van der Waals surface area contributed by atoms with Crippen LogP contribution < -0.4 is 5.32 Å². The van der Waals surface area contributed by atoms with Crippen molar-refractivity contribution in [2.24, 2.45) is 5.92 Å². The lowest BCUT2D eigenvalue weighted by Crippen LogP contribution is -2.34. The molecule has 100 valence electrons. The van der Waals surface area contributed by atoms with E-state index in [9.17, 15) is 0 Å². The Morgan fingerprint density at radius 3 is 2.44 bits per heavy atom. The average Bonchev–Trinajstić information content (AvgIpc) is 2.52. The summed E-state index contributed by atoms with van der Waals surface area (Å²) in [6.45, 7) is 10.6. The molecule has 18 heavy (non-hydrogen) atoms. The molecule has 1 aromatic carbocycles. The second-order valence-electron chi connectivity index (χ2n) is 5.83. The molecule has 0 aromatic heterocycles. The van der Waals surface area contributed by atoms with Crippen LogP contribution in [0.4, 0.5) is 0 Å². The normalized spacial score (nSPS) is 25.2. The van der Waals surface area contributed by atoms with E-state index in [1.165, 1.54) is 16.7 Å². The molecule has 1 fully saturated rings. The van der Waals surface area contributed by atoms with Gasteiger partial charge >= 0.3 is 0 Å². The summed E-state index contributed by atoms with van der Waals surface area (Å²) >= 11 is 0. The molecule has 0 radical (unpaired) electrons. The molecule has 1 aromatic rings. The van der Waals surface area contributed by atoms with Gasteiger partial charge in [0.25, 0.3) is 0 Å². The summed E-state index contributed by atoms with van der Waals surface area (Å²) in [6, 6.07) is 7.29. The first-order valence-electron chi connectivity index (χ1n) is 6.99. The number of hydrogen-bond acceptors (Lipinski definition) is 2. The van der Waals surface area contributed by atoms with E-state index in [2.05, 4.69) is 51.2 Å². The van der Waals surface area contributed by atoms with Gasteiger partial charge in [0.2, 0.25) is 0 Å². The number of ether oxygens (including phenoxy) is 1. The molecule has 2 unspecified atom stereocenters. The third-order valence-corrected chi connectivity index (χ3v) is 3.73. The Bertz CT molecular complexity index is 380. The fourth-order valence-corrected chi connectivity index (χ4v) is 2.74. The Morgan fingerprint density at radius 1 is 1.17 bits per heavy atom. The van der Waals surface area contributed by atoms with Crippen molar-refractivity contribution in [2.45, 2.75) is 46.3 Å². The lowest BCUT2D eigenvalue weighted by molar-refractivity contribution is 0.0660. The topological polar surface area (TPSA) is 21.3 Å². The molecule has 0 saturated carbocycles. The van der Waals surface area contributed by atoms with Crippen LogP contribution in [0, 0.1) is 19.8 Å². The SMILES string of the molecule is Cc1cc(C)cc(C2CNC(C(C)C)CCO2)c1. The molecule has 2 heteroatoms. The summed E-state index contributed by atoms with van der Waals surface area (Å²) in [7, 11) is 0. The van der Waals surface area contributed by atoms with E-state index in [4.69, 9.17) is 4.74 Å². The van der Waals surface area contributed by atoms with Gasteiger partial charge in [0.05, 0.1) is 6.10 Å². The number of nitrogens with one attached hydrogen (secondary N) is 1. The summed E-state index contributed by atoms with van der Waals surface area (Å²) in [5.74, 6) is 0.673. The molecular formula is C16H25NO. The second kappa shape index (κ2) is 5.85. The predicted molar refractivity (Wildman–Crippen MR) is 75.9 cm³/mol. The Kier molecular flexibility index (Phi) is 4.41. The quantitative estimate of drug-likeness (QED) is 0.865. The standard InChI is InChI=1S/C16H25NO/c1-11(2)15-5-6-18-16(10-17-15)14-8-12(3)7-13(4)9-14/h7-9,11,15-17H,5-6,10H2,1-4H3. The zero-order valence-electron chi connectivity index (χ0n) is 12.0. The largest absolute Gasteiger partial charge is 0.372 e. The average molecular weight is 247 g/mol. The van der Waals surface area contributed by atoms with Gasteiger partial charge in [0.15, 0.2) is 0 Å². The van der Waals surface area contributed by atoms with E-state index < -0.39 is 0 Å². The predicted octanol–water partition coefficient (Wildman–Crippen LogP) is 3.38. The molecule has 1 N–H and O–H groups in total. The van der Waals surface area contributed by atoms with Gasteiger partial charge in [-0.05, 0) is 31.7 Å². The lowest BCUT2D eigenvalue weighted by atomic mass is 10.0.